The topological polar surface area (TPSA) is 65.3 Å². The molecule has 1 atom stereocenters. The second kappa shape index (κ2) is 8.70. The third-order valence-electron chi connectivity index (χ3n) is 5.56. The number of benzene rings is 2. The number of hydrogen-bond donors (Lipinski definition) is 4. The van der Waals surface area contributed by atoms with E-state index in [2.05, 4.69) is 58.9 Å². The third-order valence-corrected chi connectivity index (χ3v) is 5.84. The smallest absolute Gasteiger partial charge is 0.0587 e. The van der Waals surface area contributed by atoms with E-state index in [1.807, 2.05) is 12.1 Å². The molecule has 5 rings (SSSR count). The van der Waals surface area contributed by atoms with Gasteiger partial charge in [-0.15, -0.1) is 12.6 Å². The van der Waals surface area contributed by atoms with Gasteiger partial charge in [-0.2, -0.15) is 0 Å². The summed E-state index contributed by atoms with van der Waals surface area (Å²) in [4.78, 5) is 6.87. The molecule has 1 saturated carbocycles. The molecule has 1 aromatic heterocycles. The normalized spacial score (nSPS) is 19.6. The molecule has 1 unspecified atom stereocenters. The van der Waals surface area contributed by atoms with Crippen LogP contribution >= 0.6 is 12.6 Å². The second-order valence-corrected chi connectivity index (χ2v) is 8.45. The van der Waals surface area contributed by atoms with Crippen LogP contribution in [0.5, 0.6) is 0 Å². The molecule has 1 aliphatic heterocycles. The molecule has 28 heavy (non-hydrogen) atoms. The lowest BCUT2D eigenvalue weighted by atomic mass is 10.0. The van der Waals surface area contributed by atoms with Crippen LogP contribution in [-0.2, 0) is 6.54 Å². The highest BCUT2D eigenvalue weighted by molar-refractivity contribution is 7.80. The van der Waals surface area contributed by atoms with Gasteiger partial charge in [-0.25, -0.2) is 0 Å². The van der Waals surface area contributed by atoms with E-state index in [0.29, 0.717) is 12.1 Å². The fourth-order valence-electron chi connectivity index (χ4n) is 3.77. The van der Waals surface area contributed by atoms with Crippen LogP contribution < -0.4 is 5.73 Å². The zero-order valence-corrected chi connectivity index (χ0v) is 17.0. The van der Waals surface area contributed by atoms with Crippen molar-refractivity contribution in [1.82, 2.24) is 9.88 Å². The average molecular weight is 396 g/mol. The Balaban J connectivity index is 0.000000429. The molecule has 0 spiro atoms. The van der Waals surface area contributed by atoms with Gasteiger partial charge in [0.25, 0.3) is 0 Å². The molecular weight excluding hydrogens is 366 g/mol. The Morgan fingerprint density at radius 1 is 1.07 bits per heavy atom. The zero-order valence-electron chi connectivity index (χ0n) is 16.1. The van der Waals surface area contributed by atoms with Crippen LogP contribution in [0.25, 0.3) is 22.0 Å². The van der Waals surface area contributed by atoms with Crippen LogP contribution in [0, 0.1) is 0 Å². The fourth-order valence-corrected chi connectivity index (χ4v) is 3.99. The first-order chi connectivity index (χ1) is 13.6. The van der Waals surface area contributed by atoms with Crippen molar-refractivity contribution in [3.63, 3.8) is 0 Å². The predicted molar refractivity (Wildman–Crippen MR) is 119 cm³/mol. The van der Waals surface area contributed by atoms with Crippen LogP contribution in [0.2, 0.25) is 0 Å². The van der Waals surface area contributed by atoms with Gasteiger partial charge in [-0.1, -0.05) is 18.2 Å². The van der Waals surface area contributed by atoms with Crippen LogP contribution in [-0.4, -0.2) is 40.2 Å². The minimum Gasteiger partial charge on any atom is -0.395 e. The molecule has 0 radical (unpaired) electrons. The Kier molecular flexibility index (Phi) is 6.07. The summed E-state index contributed by atoms with van der Waals surface area (Å²) in [6.45, 7) is 2.20. The van der Waals surface area contributed by atoms with E-state index >= 15 is 0 Å². The van der Waals surface area contributed by atoms with Crippen LogP contribution in [0.1, 0.15) is 31.4 Å². The highest BCUT2D eigenvalue weighted by Gasteiger charge is 2.24. The van der Waals surface area contributed by atoms with Crippen LogP contribution in [0.15, 0.2) is 53.4 Å². The standard InChI is InChI=1S/C20H22N2OS.C3H7N/c23-13-18-4-2-8-22(18)12-17-10-16-9-15(6-7-20(16)21-17)14-3-1-5-19(24)11-14;4-3-1-2-3/h1,3,5-7,9-11,18,21,23-24H,2,4,8,12-13H2;3H,1-2,4H2. The highest BCUT2D eigenvalue weighted by Crippen LogP contribution is 2.27. The minimum atomic E-state index is 0.254. The number of aromatic nitrogens is 1. The molecule has 0 bridgehead atoms. The summed E-state index contributed by atoms with van der Waals surface area (Å²) in [7, 11) is 0. The first-order valence-electron chi connectivity index (χ1n) is 10.1. The minimum absolute atomic E-state index is 0.254. The first kappa shape index (κ1) is 19.5. The average Bonchev–Trinajstić information content (AvgIpc) is 3.19. The number of nitrogens with two attached hydrogens (primary N) is 1. The summed E-state index contributed by atoms with van der Waals surface area (Å²) in [6, 6.07) is 17.9. The maximum Gasteiger partial charge on any atom is 0.0587 e. The lowest BCUT2D eigenvalue weighted by Gasteiger charge is -2.21. The molecule has 1 aliphatic carbocycles. The summed E-state index contributed by atoms with van der Waals surface area (Å²) in [5, 5.41) is 10.7. The summed E-state index contributed by atoms with van der Waals surface area (Å²) in [5.41, 5.74) is 9.99. The van der Waals surface area contributed by atoms with Crippen molar-refractivity contribution in [3.05, 3.63) is 54.2 Å². The van der Waals surface area contributed by atoms with Crippen molar-refractivity contribution >= 4 is 23.5 Å². The Bertz CT molecular complexity index is 934. The lowest BCUT2D eigenvalue weighted by molar-refractivity contribution is 0.152. The highest BCUT2D eigenvalue weighted by atomic mass is 32.1. The van der Waals surface area contributed by atoms with Crippen molar-refractivity contribution in [1.29, 1.82) is 0 Å². The van der Waals surface area contributed by atoms with E-state index in [1.165, 1.54) is 41.5 Å². The number of fused-ring (bicyclic) bond motifs is 1. The van der Waals surface area contributed by atoms with E-state index in [-0.39, 0.29) is 6.61 Å². The summed E-state index contributed by atoms with van der Waals surface area (Å²) in [6.07, 6.45) is 4.80. The number of aromatic amines is 1. The second-order valence-electron chi connectivity index (χ2n) is 7.93. The van der Waals surface area contributed by atoms with Crippen molar-refractivity contribution in [2.24, 2.45) is 5.73 Å². The van der Waals surface area contributed by atoms with Gasteiger partial charge < -0.3 is 15.8 Å². The monoisotopic (exact) mass is 395 g/mol. The Labute approximate surface area is 172 Å². The van der Waals surface area contributed by atoms with Gasteiger partial charge in [0.1, 0.15) is 0 Å². The lowest BCUT2D eigenvalue weighted by Crippen LogP contribution is -2.31. The predicted octanol–water partition coefficient (Wildman–Crippen LogP) is 4.19. The molecule has 4 nitrogen and oxygen atoms in total. The maximum absolute atomic E-state index is 9.48. The number of aliphatic hydroxyl groups excluding tert-OH is 1. The van der Waals surface area contributed by atoms with Crippen molar-refractivity contribution in [3.8, 4) is 11.1 Å². The van der Waals surface area contributed by atoms with Crippen LogP contribution in [0.3, 0.4) is 0 Å². The largest absolute Gasteiger partial charge is 0.395 e. The molecule has 5 heteroatoms. The molecule has 2 heterocycles. The molecular formula is C23H29N3OS. The molecule has 4 N–H and O–H groups in total. The van der Waals surface area contributed by atoms with Gasteiger partial charge >= 0.3 is 0 Å². The molecule has 0 amide bonds. The number of thiol groups is 1. The van der Waals surface area contributed by atoms with E-state index in [4.69, 9.17) is 5.73 Å². The van der Waals surface area contributed by atoms with Gasteiger partial charge in [-0.05, 0) is 73.7 Å². The van der Waals surface area contributed by atoms with Gasteiger partial charge in [0.15, 0.2) is 0 Å². The van der Waals surface area contributed by atoms with E-state index < -0.39 is 0 Å². The molecule has 2 aliphatic rings. The molecule has 3 aromatic rings. The number of aliphatic hydroxyl groups is 1. The van der Waals surface area contributed by atoms with Crippen molar-refractivity contribution in [2.75, 3.05) is 13.2 Å². The number of H-pyrrole nitrogens is 1. The Morgan fingerprint density at radius 3 is 2.57 bits per heavy atom. The quantitative estimate of drug-likeness (QED) is 0.501. The number of hydrogen-bond acceptors (Lipinski definition) is 4. The van der Waals surface area contributed by atoms with Gasteiger partial charge in [0.05, 0.1) is 6.61 Å². The van der Waals surface area contributed by atoms with E-state index in [0.717, 1.165) is 29.9 Å². The zero-order chi connectivity index (χ0) is 19.5. The summed E-state index contributed by atoms with van der Waals surface area (Å²) in [5.74, 6) is 0. The molecule has 1 saturated heterocycles. The maximum atomic E-state index is 9.48. The summed E-state index contributed by atoms with van der Waals surface area (Å²) >= 11 is 4.43. The SMILES string of the molecule is NC1CC1.OCC1CCCN1Cc1cc2cc(-c3cccc(S)c3)ccc2[nH]1. The molecule has 148 valence electrons. The van der Waals surface area contributed by atoms with Crippen LogP contribution in [0.4, 0.5) is 0 Å². The number of nitrogens with one attached hydrogen (secondary N) is 1. The van der Waals surface area contributed by atoms with Gasteiger partial charge in [0.2, 0.25) is 0 Å². The van der Waals surface area contributed by atoms with Gasteiger partial charge in [0, 0.05) is 40.1 Å². The van der Waals surface area contributed by atoms with E-state index in [9.17, 15) is 5.11 Å². The fraction of sp³-hybridized carbons (Fsp3) is 0.391. The van der Waals surface area contributed by atoms with Crippen molar-refractivity contribution in [2.45, 2.75) is 49.2 Å². The Morgan fingerprint density at radius 2 is 1.86 bits per heavy atom. The molecule has 2 fully saturated rings. The number of likely N-dealkylation sites (tertiary alicyclic amines) is 1. The van der Waals surface area contributed by atoms with Gasteiger partial charge in [-0.3, -0.25) is 4.90 Å². The van der Waals surface area contributed by atoms with E-state index in [1.54, 1.807) is 0 Å². The number of rotatable bonds is 4. The third kappa shape index (κ3) is 4.78. The first-order valence-corrected chi connectivity index (χ1v) is 10.6. The molecule has 2 aromatic carbocycles. The van der Waals surface area contributed by atoms with Crippen molar-refractivity contribution < 1.29 is 5.11 Å². The summed E-state index contributed by atoms with van der Waals surface area (Å²) < 4.78 is 0. The number of nitrogens with zero attached hydrogens (tertiary/aromatic N) is 1. The Hall–Kier alpha value is -1.79.